The summed E-state index contributed by atoms with van der Waals surface area (Å²) in [6.07, 6.45) is 5.46. The molecule has 0 unspecified atom stereocenters. The van der Waals surface area contributed by atoms with Gasteiger partial charge in [0.25, 0.3) is 0 Å². The highest BCUT2D eigenvalue weighted by Crippen LogP contribution is 2.52. The summed E-state index contributed by atoms with van der Waals surface area (Å²) in [5.74, 6) is -0.0701. The molecule has 3 aliphatic heterocycles. The van der Waals surface area contributed by atoms with Crippen LogP contribution < -0.4 is 10.2 Å². The Labute approximate surface area is 140 Å². The van der Waals surface area contributed by atoms with Gasteiger partial charge in [-0.2, -0.15) is 0 Å². The number of nitrogens with one attached hydrogen (secondary N) is 1. The van der Waals surface area contributed by atoms with E-state index in [1.165, 1.54) is 0 Å². The van der Waals surface area contributed by atoms with Crippen molar-refractivity contribution in [2.24, 2.45) is 11.8 Å². The molecule has 7 nitrogen and oxygen atoms in total. The maximum absolute atomic E-state index is 13.0. The van der Waals surface area contributed by atoms with E-state index in [9.17, 15) is 9.59 Å². The fourth-order valence-corrected chi connectivity index (χ4v) is 3.98. The number of unbranched alkanes of at least 4 members (excludes halogenated alkanes) is 1. The molecule has 2 bridgehead atoms. The van der Waals surface area contributed by atoms with Gasteiger partial charge in [0.15, 0.2) is 5.82 Å². The van der Waals surface area contributed by atoms with E-state index in [0.717, 1.165) is 12.8 Å². The summed E-state index contributed by atoms with van der Waals surface area (Å²) in [5, 5.41) is 6.88. The zero-order valence-electron chi connectivity index (χ0n) is 13.8. The molecule has 4 heterocycles. The van der Waals surface area contributed by atoms with Crippen LogP contribution in [0, 0.1) is 18.8 Å². The lowest BCUT2D eigenvalue weighted by Gasteiger charge is -2.23. The number of amides is 2. The monoisotopic (exact) mass is 331 g/mol. The van der Waals surface area contributed by atoms with Gasteiger partial charge in [-0.3, -0.25) is 14.5 Å². The smallest absolute Gasteiger partial charge is 0.235 e. The van der Waals surface area contributed by atoms with Crippen LogP contribution in [-0.4, -0.2) is 41.8 Å². The Morgan fingerprint density at radius 1 is 1.54 bits per heavy atom. The first kappa shape index (κ1) is 15.4. The molecule has 1 aromatic heterocycles. The van der Waals surface area contributed by atoms with Gasteiger partial charge in [-0.15, -0.1) is 0 Å². The number of nitrogens with zero attached hydrogens (tertiary/aromatic N) is 2. The maximum Gasteiger partial charge on any atom is 0.235 e. The van der Waals surface area contributed by atoms with E-state index in [2.05, 4.69) is 17.4 Å². The van der Waals surface area contributed by atoms with Gasteiger partial charge in [-0.1, -0.05) is 30.7 Å². The van der Waals surface area contributed by atoms with Crippen molar-refractivity contribution in [1.82, 2.24) is 10.5 Å². The summed E-state index contributed by atoms with van der Waals surface area (Å²) >= 11 is 0. The number of rotatable bonds is 5. The van der Waals surface area contributed by atoms with E-state index in [0.29, 0.717) is 24.7 Å². The van der Waals surface area contributed by atoms with Crippen molar-refractivity contribution in [3.63, 3.8) is 0 Å². The number of hydrogen-bond acceptors (Lipinski definition) is 5. The summed E-state index contributed by atoms with van der Waals surface area (Å²) < 4.78 is 11.1. The lowest BCUT2D eigenvalue weighted by Crippen LogP contribution is -2.44. The third-order valence-corrected chi connectivity index (χ3v) is 5.12. The number of aromatic nitrogens is 1. The maximum atomic E-state index is 13.0. The Morgan fingerprint density at radius 3 is 3.08 bits per heavy atom. The summed E-state index contributed by atoms with van der Waals surface area (Å²) in [5.41, 5.74) is -0.721. The van der Waals surface area contributed by atoms with E-state index in [4.69, 9.17) is 9.26 Å². The minimum atomic E-state index is -0.721. The SMILES string of the molecule is CCCCNC(=O)[C@H]1[C@H]2C(=O)N(c3cc(C)on3)C[C@]23C=C[C@H]1O3. The second-order valence-corrected chi connectivity index (χ2v) is 6.76. The standard InChI is InChI=1S/C17H21N3O4/c1-3-4-7-18-15(21)13-11-5-6-17(23-11)9-20(16(22)14(13)17)12-8-10(2)24-19-12/h5-6,8,11,13-14H,3-4,7,9H2,1-2H3,(H,18,21)/t11-,13-,14+,17-/m1/s1. The van der Waals surface area contributed by atoms with Gasteiger partial charge in [0.2, 0.25) is 11.8 Å². The minimum Gasteiger partial charge on any atom is -0.360 e. The molecule has 4 atom stereocenters. The van der Waals surface area contributed by atoms with Gasteiger partial charge < -0.3 is 14.6 Å². The highest BCUT2D eigenvalue weighted by Gasteiger charge is 2.67. The van der Waals surface area contributed by atoms with Gasteiger partial charge in [0.05, 0.1) is 24.5 Å². The topological polar surface area (TPSA) is 84.7 Å². The number of carbonyl (C=O) groups excluding carboxylic acids is 2. The molecule has 0 radical (unpaired) electrons. The molecule has 2 fully saturated rings. The Morgan fingerprint density at radius 2 is 2.38 bits per heavy atom. The van der Waals surface area contributed by atoms with Crippen LogP contribution in [0.3, 0.4) is 0 Å². The molecule has 128 valence electrons. The fraction of sp³-hybridized carbons (Fsp3) is 0.588. The normalized spacial score (nSPS) is 33.3. The largest absolute Gasteiger partial charge is 0.360 e. The third kappa shape index (κ3) is 2.11. The van der Waals surface area contributed by atoms with Crippen molar-refractivity contribution >= 4 is 17.6 Å². The lowest BCUT2D eigenvalue weighted by molar-refractivity contribution is -0.131. The molecule has 1 spiro atoms. The molecule has 0 saturated carbocycles. The second-order valence-electron chi connectivity index (χ2n) is 6.76. The molecule has 0 aromatic carbocycles. The molecular weight excluding hydrogens is 310 g/mol. The first-order chi connectivity index (χ1) is 11.6. The Bertz CT molecular complexity index is 712. The Hall–Kier alpha value is -2.15. The summed E-state index contributed by atoms with van der Waals surface area (Å²) in [6.45, 7) is 4.85. The minimum absolute atomic E-state index is 0.101. The quantitative estimate of drug-likeness (QED) is 0.647. The molecule has 1 N–H and O–H groups in total. The number of aryl methyl sites for hydroxylation is 1. The van der Waals surface area contributed by atoms with Crippen LogP contribution >= 0.6 is 0 Å². The van der Waals surface area contributed by atoms with Crippen LogP contribution in [0.1, 0.15) is 25.5 Å². The van der Waals surface area contributed by atoms with Crippen LogP contribution in [0.25, 0.3) is 0 Å². The van der Waals surface area contributed by atoms with Crippen LogP contribution in [0.15, 0.2) is 22.7 Å². The van der Waals surface area contributed by atoms with Crippen LogP contribution in [0.2, 0.25) is 0 Å². The van der Waals surface area contributed by atoms with E-state index < -0.39 is 17.4 Å². The van der Waals surface area contributed by atoms with Crippen molar-refractivity contribution in [3.8, 4) is 0 Å². The van der Waals surface area contributed by atoms with Crippen LogP contribution in [0.5, 0.6) is 0 Å². The van der Waals surface area contributed by atoms with Crippen molar-refractivity contribution < 1.29 is 18.8 Å². The highest BCUT2D eigenvalue weighted by molar-refractivity contribution is 6.02. The van der Waals surface area contributed by atoms with Crippen molar-refractivity contribution in [2.45, 2.75) is 38.4 Å². The zero-order valence-corrected chi connectivity index (χ0v) is 13.8. The predicted octanol–water partition coefficient (Wildman–Crippen LogP) is 1.19. The average molecular weight is 331 g/mol. The summed E-state index contributed by atoms with van der Waals surface area (Å²) in [4.78, 5) is 27.2. The van der Waals surface area contributed by atoms with Crippen LogP contribution in [-0.2, 0) is 14.3 Å². The molecule has 2 saturated heterocycles. The lowest BCUT2D eigenvalue weighted by atomic mass is 9.77. The van der Waals surface area contributed by atoms with E-state index >= 15 is 0 Å². The molecule has 7 heteroatoms. The molecule has 1 aromatic rings. The van der Waals surface area contributed by atoms with Gasteiger partial charge in [0, 0.05) is 12.6 Å². The Balaban J connectivity index is 1.59. The predicted molar refractivity (Wildman–Crippen MR) is 85.2 cm³/mol. The number of carbonyl (C=O) groups is 2. The summed E-state index contributed by atoms with van der Waals surface area (Å²) in [6, 6.07) is 1.72. The first-order valence-corrected chi connectivity index (χ1v) is 8.45. The number of ether oxygens (including phenoxy) is 1. The number of anilines is 1. The van der Waals surface area contributed by atoms with Gasteiger partial charge in [-0.05, 0) is 13.3 Å². The van der Waals surface area contributed by atoms with Crippen molar-refractivity contribution in [3.05, 3.63) is 24.0 Å². The van der Waals surface area contributed by atoms with Gasteiger partial charge >= 0.3 is 0 Å². The van der Waals surface area contributed by atoms with Gasteiger partial charge in [0.1, 0.15) is 11.4 Å². The fourth-order valence-electron chi connectivity index (χ4n) is 3.98. The Kier molecular flexibility index (Phi) is 3.49. The highest BCUT2D eigenvalue weighted by atomic mass is 16.5. The molecular formula is C17H21N3O4. The summed E-state index contributed by atoms with van der Waals surface area (Å²) in [7, 11) is 0. The molecule has 0 aliphatic carbocycles. The number of fused-ring (bicyclic) bond motifs is 1. The average Bonchev–Trinajstić information content (AvgIpc) is 3.28. The van der Waals surface area contributed by atoms with Crippen LogP contribution in [0.4, 0.5) is 5.82 Å². The van der Waals surface area contributed by atoms with E-state index in [1.54, 1.807) is 17.9 Å². The third-order valence-electron chi connectivity index (χ3n) is 5.12. The zero-order chi connectivity index (χ0) is 16.9. The second kappa shape index (κ2) is 5.44. The van der Waals surface area contributed by atoms with Gasteiger partial charge in [-0.25, -0.2) is 0 Å². The van der Waals surface area contributed by atoms with Crippen molar-refractivity contribution in [1.29, 1.82) is 0 Å². The van der Waals surface area contributed by atoms with E-state index in [1.807, 2.05) is 12.2 Å². The number of hydrogen-bond donors (Lipinski definition) is 1. The molecule has 2 amide bonds. The van der Waals surface area contributed by atoms with E-state index in [-0.39, 0.29) is 17.9 Å². The molecule has 4 rings (SSSR count). The molecule has 3 aliphatic rings. The first-order valence-electron chi connectivity index (χ1n) is 8.45. The molecule has 24 heavy (non-hydrogen) atoms. The van der Waals surface area contributed by atoms with Crippen molar-refractivity contribution in [2.75, 3.05) is 18.0 Å².